The summed E-state index contributed by atoms with van der Waals surface area (Å²) in [5.41, 5.74) is 0.499. The van der Waals surface area contributed by atoms with Crippen LogP contribution >= 0.6 is 0 Å². The van der Waals surface area contributed by atoms with Gasteiger partial charge in [-0.05, 0) is 12.1 Å². The van der Waals surface area contributed by atoms with Crippen LogP contribution in [-0.2, 0) is 19.1 Å². The number of aliphatic carboxylic acids is 1. The molecular weight excluding hydrogens is 304 g/mol. The number of carboxylic acids is 1. The van der Waals surface area contributed by atoms with E-state index in [1.807, 2.05) is 0 Å². The largest absolute Gasteiger partial charge is 0.482 e. The first-order valence-electron chi connectivity index (χ1n) is 7.03. The Bertz CT molecular complexity index is 603. The summed E-state index contributed by atoms with van der Waals surface area (Å²) in [7, 11) is 1.46. The number of amides is 2. The molecule has 0 bridgehead atoms. The number of hydrogen-bond acceptors (Lipinski definition) is 5. The van der Waals surface area contributed by atoms with E-state index in [2.05, 4.69) is 0 Å². The first kappa shape index (κ1) is 16.8. The Hall–Kier alpha value is -2.61. The lowest BCUT2D eigenvalue weighted by Gasteiger charge is -2.30. The van der Waals surface area contributed by atoms with Crippen molar-refractivity contribution < 1.29 is 29.0 Å². The van der Waals surface area contributed by atoms with Gasteiger partial charge in [0.2, 0.25) is 5.91 Å². The molecule has 0 aliphatic carbocycles. The Morgan fingerprint density at radius 3 is 2.83 bits per heavy atom. The van der Waals surface area contributed by atoms with Gasteiger partial charge >= 0.3 is 5.97 Å². The van der Waals surface area contributed by atoms with E-state index in [1.165, 1.54) is 12.0 Å². The maximum Gasteiger partial charge on any atom is 0.323 e. The van der Waals surface area contributed by atoms with Crippen molar-refractivity contribution in [1.82, 2.24) is 4.90 Å². The molecule has 8 heteroatoms. The Labute approximate surface area is 133 Å². The molecule has 1 aromatic carbocycles. The van der Waals surface area contributed by atoms with E-state index in [0.717, 1.165) is 4.90 Å². The molecule has 2 amide bonds. The van der Waals surface area contributed by atoms with Gasteiger partial charge in [-0.25, -0.2) is 0 Å². The molecule has 0 radical (unpaired) electrons. The van der Waals surface area contributed by atoms with Crippen LogP contribution in [-0.4, -0.2) is 67.7 Å². The molecule has 0 atom stereocenters. The molecule has 8 nitrogen and oxygen atoms in total. The molecular formula is C15H18N2O6. The zero-order chi connectivity index (χ0) is 16.8. The van der Waals surface area contributed by atoms with E-state index >= 15 is 0 Å². The number of rotatable bonds is 7. The summed E-state index contributed by atoms with van der Waals surface area (Å²) in [6.07, 6.45) is 0. The van der Waals surface area contributed by atoms with E-state index in [0.29, 0.717) is 11.4 Å². The monoisotopic (exact) mass is 322 g/mol. The van der Waals surface area contributed by atoms with Crippen molar-refractivity contribution >= 4 is 23.5 Å². The molecule has 0 aromatic heterocycles. The zero-order valence-electron chi connectivity index (χ0n) is 12.7. The van der Waals surface area contributed by atoms with Crippen LogP contribution in [0.25, 0.3) is 0 Å². The average Bonchev–Trinajstić information content (AvgIpc) is 2.53. The van der Waals surface area contributed by atoms with E-state index in [9.17, 15) is 14.4 Å². The van der Waals surface area contributed by atoms with Gasteiger partial charge < -0.3 is 19.5 Å². The number of hydrogen-bond donors (Lipinski definition) is 1. The molecule has 1 heterocycles. The number of carboxylic acid groups (broad SMARTS) is 1. The number of carbonyl (C=O) groups excluding carboxylic acids is 2. The molecule has 1 aliphatic heterocycles. The predicted molar refractivity (Wildman–Crippen MR) is 80.4 cm³/mol. The number of para-hydroxylation sites is 2. The number of carbonyl (C=O) groups is 3. The van der Waals surface area contributed by atoms with Crippen molar-refractivity contribution in [2.45, 2.75) is 0 Å². The Balaban J connectivity index is 2.13. The maximum absolute atomic E-state index is 12.4. The van der Waals surface area contributed by atoms with Gasteiger partial charge in [0.15, 0.2) is 6.61 Å². The Morgan fingerprint density at radius 2 is 2.13 bits per heavy atom. The van der Waals surface area contributed by atoms with Crippen LogP contribution in [0.4, 0.5) is 5.69 Å². The molecule has 0 fully saturated rings. The molecule has 1 N–H and O–H groups in total. The summed E-state index contributed by atoms with van der Waals surface area (Å²) in [5, 5.41) is 8.91. The Morgan fingerprint density at radius 1 is 1.39 bits per heavy atom. The fourth-order valence-corrected chi connectivity index (χ4v) is 2.22. The van der Waals surface area contributed by atoms with Gasteiger partial charge in [0, 0.05) is 13.7 Å². The van der Waals surface area contributed by atoms with Gasteiger partial charge in [-0.3, -0.25) is 19.3 Å². The summed E-state index contributed by atoms with van der Waals surface area (Å²) in [5.74, 6) is -1.42. The molecule has 0 saturated carbocycles. The summed E-state index contributed by atoms with van der Waals surface area (Å²) < 4.78 is 10.2. The summed E-state index contributed by atoms with van der Waals surface area (Å²) in [6, 6.07) is 6.89. The predicted octanol–water partition coefficient (Wildman–Crippen LogP) is -0.0284. The van der Waals surface area contributed by atoms with Crippen LogP contribution in [0.5, 0.6) is 5.75 Å². The Kier molecular flexibility index (Phi) is 5.53. The van der Waals surface area contributed by atoms with E-state index in [-0.39, 0.29) is 32.2 Å². The van der Waals surface area contributed by atoms with Crippen molar-refractivity contribution in [3.63, 3.8) is 0 Å². The second-order valence-electron chi connectivity index (χ2n) is 4.94. The van der Waals surface area contributed by atoms with Gasteiger partial charge in [0.05, 0.1) is 12.3 Å². The van der Waals surface area contributed by atoms with Gasteiger partial charge in [-0.2, -0.15) is 0 Å². The third-order valence-electron chi connectivity index (χ3n) is 3.35. The first-order chi connectivity index (χ1) is 11.0. The highest BCUT2D eigenvalue weighted by Crippen LogP contribution is 2.31. The minimum Gasteiger partial charge on any atom is -0.482 e. The van der Waals surface area contributed by atoms with Crippen LogP contribution < -0.4 is 9.64 Å². The standard InChI is InChI=1S/C15H18N2O6/c1-22-7-6-16(9-15(20)21)13(18)8-17-11-4-2-3-5-12(11)23-10-14(17)19/h2-5H,6-10H2,1H3,(H,20,21). The molecule has 2 rings (SSSR count). The van der Waals surface area contributed by atoms with E-state index < -0.39 is 18.4 Å². The first-order valence-corrected chi connectivity index (χ1v) is 7.03. The van der Waals surface area contributed by atoms with Gasteiger partial charge in [0.1, 0.15) is 18.8 Å². The summed E-state index contributed by atoms with van der Waals surface area (Å²) in [4.78, 5) is 37.8. The molecule has 1 aromatic rings. The van der Waals surface area contributed by atoms with Crippen LogP contribution in [0, 0.1) is 0 Å². The summed E-state index contributed by atoms with van der Waals surface area (Å²) >= 11 is 0. The fraction of sp³-hybridized carbons (Fsp3) is 0.400. The lowest BCUT2D eigenvalue weighted by atomic mass is 10.2. The highest BCUT2D eigenvalue weighted by atomic mass is 16.5. The fourth-order valence-electron chi connectivity index (χ4n) is 2.22. The lowest BCUT2D eigenvalue weighted by Crippen LogP contribution is -2.48. The van der Waals surface area contributed by atoms with E-state index in [4.69, 9.17) is 14.6 Å². The van der Waals surface area contributed by atoms with E-state index in [1.54, 1.807) is 24.3 Å². The number of anilines is 1. The molecule has 0 saturated heterocycles. The zero-order valence-corrected chi connectivity index (χ0v) is 12.7. The second-order valence-corrected chi connectivity index (χ2v) is 4.94. The smallest absolute Gasteiger partial charge is 0.323 e. The number of ether oxygens (including phenoxy) is 2. The maximum atomic E-state index is 12.4. The van der Waals surface area contributed by atoms with Crippen LogP contribution in [0.3, 0.4) is 0 Å². The van der Waals surface area contributed by atoms with Crippen molar-refractivity contribution in [1.29, 1.82) is 0 Å². The minimum absolute atomic E-state index is 0.141. The third kappa shape index (κ3) is 4.19. The quantitative estimate of drug-likeness (QED) is 0.757. The third-order valence-corrected chi connectivity index (χ3v) is 3.35. The van der Waals surface area contributed by atoms with Crippen molar-refractivity contribution in [2.24, 2.45) is 0 Å². The van der Waals surface area contributed by atoms with Crippen LogP contribution in [0.1, 0.15) is 0 Å². The summed E-state index contributed by atoms with van der Waals surface area (Å²) in [6.45, 7) is -0.478. The highest BCUT2D eigenvalue weighted by molar-refractivity contribution is 6.02. The van der Waals surface area contributed by atoms with Crippen LogP contribution in [0.2, 0.25) is 0 Å². The number of nitrogens with zero attached hydrogens (tertiary/aromatic N) is 2. The number of methoxy groups -OCH3 is 1. The molecule has 23 heavy (non-hydrogen) atoms. The number of benzene rings is 1. The van der Waals surface area contributed by atoms with Crippen molar-refractivity contribution in [3.8, 4) is 5.75 Å². The molecule has 1 aliphatic rings. The van der Waals surface area contributed by atoms with Crippen LogP contribution in [0.15, 0.2) is 24.3 Å². The van der Waals surface area contributed by atoms with Gasteiger partial charge in [-0.15, -0.1) is 0 Å². The lowest BCUT2D eigenvalue weighted by molar-refractivity contribution is -0.144. The number of fused-ring (bicyclic) bond motifs is 1. The molecule has 0 unspecified atom stereocenters. The highest BCUT2D eigenvalue weighted by Gasteiger charge is 2.29. The minimum atomic E-state index is -1.12. The molecule has 124 valence electrons. The second kappa shape index (κ2) is 7.59. The topological polar surface area (TPSA) is 96.4 Å². The van der Waals surface area contributed by atoms with Crippen molar-refractivity contribution in [2.75, 3.05) is 44.9 Å². The van der Waals surface area contributed by atoms with Crippen molar-refractivity contribution in [3.05, 3.63) is 24.3 Å². The normalized spacial score (nSPS) is 13.3. The van der Waals surface area contributed by atoms with Gasteiger partial charge in [-0.1, -0.05) is 12.1 Å². The molecule has 0 spiro atoms. The van der Waals surface area contributed by atoms with Gasteiger partial charge in [0.25, 0.3) is 5.91 Å². The SMILES string of the molecule is COCCN(CC(=O)O)C(=O)CN1C(=O)COc2ccccc21. The average molecular weight is 322 g/mol.